The largest absolute Gasteiger partial charge is 0.490 e. The molecule has 4 heteroatoms. The van der Waals surface area contributed by atoms with E-state index in [-0.39, 0.29) is 0 Å². The SMILES string of the molecule is CCOc1cc(Cl)c(CNC2CCCCCC2)cc1OCC. The van der Waals surface area contributed by atoms with Crippen LogP contribution in [0, 0.1) is 0 Å². The summed E-state index contributed by atoms with van der Waals surface area (Å²) >= 11 is 6.41. The molecule has 0 amide bonds. The van der Waals surface area contributed by atoms with E-state index in [0.29, 0.717) is 19.3 Å². The van der Waals surface area contributed by atoms with E-state index in [1.807, 2.05) is 26.0 Å². The zero-order valence-electron chi connectivity index (χ0n) is 13.8. The number of ether oxygens (including phenoxy) is 2. The predicted molar refractivity (Wildman–Crippen MR) is 92.1 cm³/mol. The smallest absolute Gasteiger partial charge is 0.162 e. The second-order valence-electron chi connectivity index (χ2n) is 5.83. The number of rotatable bonds is 7. The Morgan fingerprint density at radius 3 is 2.18 bits per heavy atom. The summed E-state index contributed by atoms with van der Waals surface area (Å²) in [5.41, 5.74) is 1.08. The van der Waals surface area contributed by atoms with Gasteiger partial charge < -0.3 is 14.8 Å². The Morgan fingerprint density at radius 2 is 1.59 bits per heavy atom. The van der Waals surface area contributed by atoms with Gasteiger partial charge in [0.05, 0.1) is 13.2 Å². The molecule has 0 radical (unpaired) electrons. The number of hydrogen-bond acceptors (Lipinski definition) is 3. The summed E-state index contributed by atoms with van der Waals surface area (Å²) in [6.45, 7) is 5.96. The lowest BCUT2D eigenvalue weighted by Gasteiger charge is -2.18. The van der Waals surface area contributed by atoms with Crippen molar-refractivity contribution < 1.29 is 9.47 Å². The van der Waals surface area contributed by atoms with Gasteiger partial charge in [0.2, 0.25) is 0 Å². The molecule has 0 bridgehead atoms. The van der Waals surface area contributed by atoms with E-state index in [0.717, 1.165) is 28.6 Å². The summed E-state index contributed by atoms with van der Waals surface area (Å²) < 4.78 is 11.3. The van der Waals surface area contributed by atoms with Crippen molar-refractivity contribution in [3.63, 3.8) is 0 Å². The molecule has 1 N–H and O–H groups in total. The van der Waals surface area contributed by atoms with Crippen molar-refractivity contribution in [2.75, 3.05) is 13.2 Å². The molecular formula is C18H28ClNO2. The Labute approximate surface area is 139 Å². The Balaban J connectivity index is 2.04. The molecule has 3 nitrogen and oxygen atoms in total. The van der Waals surface area contributed by atoms with E-state index >= 15 is 0 Å². The van der Waals surface area contributed by atoms with Crippen LogP contribution in [0.1, 0.15) is 57.9 Å². The average molecular weight is 326 g/mol. The molecule has 0 saturated heterocycles. The third kappa shape index (κ3) is 5.06. The monoisotopic (exact) mass is 325 g/mol. The molecule has 0 heterocycles. The van der Waals surface area contributed by atoms with Gasteiger partial charge >= 0.3 is 0 Å². The summed E-state index contributed by atoms with van der Waals surface area (Å²) in [7, 11) is 0. The van der Waals surface area contributed by atoms with Gasteiger partial charge in [-0.15, -0.1) is 0 Å². The molecule has 0 aliphatic heterocycles. The van der Waals surface area contributed by atoms with Gasteiger partial charge in [0.25, 0.3) is 0 Å². The van der Waals surface area contributed by atoms with Crippen LogP contribution in [0.5, 0.6) is 11.5 Å². The van der Waals surface area contributed by atoms with Crippen LogP contribution in [0.15, 0.2) is 12.1 Å². The number of hydrogen-bond donors (Lipinski definition) is 1. The summed E-state index contributed by atoms with van der Waals surface area (Å²) in [6.07, 6.45) is 7.95. The fourth-order valence-corrected chi connectivity index (χ4v) is 3.21. The van der Waals surface area contributed by atoms with Crippen molar-refractivity contribution in [3.05, 3.63) is 22.7 Å². The van der Waals surface area contributed by atoms with Crippen LogP contribution in [0.25, 0.3) is 0 Å². The van der Waals surface area contributed by atoms with Gasteiger partial charge in [0.1, 0.15) is 0 Å². The molecule has 0 spiro atoms. The van der Waals surface area contributed by atoms with Crippen molar-refractivity contribution in [2.24, 2.45) is 0 Å². The minimum Gasteiger partial charge on any atom is -0.490 e. The Bertz CT molecular complexity index is 457. The van der Waals surface area contributed by atoms with Gasteiger partial charge in [-0.1, -0.05) is 37.3 Å². The normalized spacial score (nSPS) is 16.3. The molecular weight excluding hydrogens is 298 g/mol. The molecule has 124 valence electrons. The Kier molecular flexibility index (Phi) is 7.34. The van der Waals surface area contributed by atoms with Gasteiger partial charge in [-0.05, 0) is 38.3 Å². The fraction of sp³-hybridized carbons (Fsp3) is 0.667. The Morgan fingerprint density at radius 1 is 1.00 bits per heavy atom. The molecule has 2 rings (SSSR count). The topological polar surface area (TPSA) is 30.5 Å². The van der Waals surface area contributed by atoms with Crippen molar-refractivity contribution in [2.45, 2.75) is 65.0 Å². The van der Waals surface area contributed by atoms with E-state index in [9.17, 15) is 0 Å². The number of nitrogens with one attached hydrogen (secondary N) is 1. The predicted octanol–water partition coefficient (Wildman–Crippen LogP) is 4.95. The third-order valence-electron chi connectivity index (χ3n) is 4.15. The highest BCUT2D eigenvalue weighted by atomic mass is 35.5. The highest BCUT2D eigenvalue weighted by molar-refractivity contribution is 6.31. The van der Waals surface area contributed by atoms with Gasteiger partial charge in [-0.2, -0.15) is 0 Å². The van der Waals surface area contributed by atoms with Crippen molar-refractivity contribution in [3.8, 4) is 11.5 Å². The van der Waals surface area contributed by atoms with Crippen LogP contribution in [-0.4, -0.2) is 19.3 Å². The standard InChI is InChI=1S/C18H28ClNO2/c1-3-21-17-11-14(16(19)12-18(17)22-4-2)13-20-15-9-7-5-6-8-10-15/h11-12,15,20H,3-10,13H2,1-2H3. The van der Waals surface area contributed by atoms with E-state index in [1.165, 1.54) is 38.5 Å². The van der Waals surface area contributed by atoms with Crippen LogP contribution >= 0.6 is 11.6 Å². The second-order valence-corrected chi connectivity index (χ2v) is 6.23. The number of benzene rings is 1. The maximum absolute atomic E-state index is 6.41. The van der Waals surface area contributed by atoms with Crippen LogP contribution in [0.3, 0.4) is 0 Å². The minimum absolute atomic E-state index is 0.607. The lowest BCUT2D eigenvalue weighted by molar-refractivity contribution is 0.287. The highest BCUT2D eigenvalue weighted by Crippen LogP contribution is 2.34. The van der Waals surface area contributed by atoms with E-state index < -0.39 is 0 Å². The Hall–Kier alpha value is -0.930. The van der Waals surface area contributed by atoms with Gasteiger partial charge in [0.15, 0.2) is 11.5 Å². The average Bonchev–Trinajstić information content (AvgIpc) is 2.78. The fourth-order valence-electron chi connectivity index (χ4n) is 2.99. The second kappa shape index (κ2) is 9.26. The summed E-state index contributed by atoms with van der Waals surface area (Å²) in [5.74, 6) is 1.51. The van der Waals surface area contributed by atoms with E-state index in [4.69, 9.17) is 21.1 Å². The molecule has 0 aromatic heterocycles. The number of halogens is 1. The van der Waals surface area contributed by atoms with Gasteiger partial charge in [0, 0.05) is 23.7 Å². The van der Waals surface area contributed by atoms with Crippen molar-refractivity contribution >= 4 is 11.6 Å². The van der Waals surface area contributed by atoms with Crippen molar-refractivity contribution in [1.82, 2.24) is 5.32 Å². The third-order valence-corrected chi connectivity index (χ3v) is 4.50. The molecule has 1 saturated carbocycles. The zero-order valence-corrected chi connectivity index (χ0v) is 14.5. The van der Waals surface area contributed by atoms with E-state index in [2.05, 4.69) is 5.32 Å². The maximum Gasteiger partial charge on any atom is 0.162 e. The first-order valence-corrected chi connectivity index (χ1v) is 8.93. The first-order valence-electron chi connectivity index (χ1n) is 8.56. The molecule has 22 heavy (non-hydrogen) atoms. The molecule has 1 aliphatic rings. The van der Waals surface area contributed by atoms with Crippen LogP contribution < -0.4 is 14.8 Å². The van der Waals surface area contributed by atoms with Gasteiger partial charge in [-0.3, -0.25) is 0 Å². The summed E-state index contributed by atoms with van der Waals surface area (Å²) in [6, 6.07) is 4.50. The minimum atomic E-state index is 0.607. The first-order chi connectivity index (χ1) is 10.7. The lowest BCUT2D eigenvalue weighted by Crippen LogP contribution is -2.28. The van der Waals surface area contributed by atoms with Crippen LogP contribution in [0.4, 0.5) is 0 Å². The summed E-state index contributed by atoms with van der Waals surface area (Å²) in [5, 5.41) is 4.40. The van der Waals surface area contributed by atoms with Gasteiger partial charge in [-0.25, -0.2) is 0 Å². The lowest BCUT2D eigenvalue weighted by atomic mass is 10.1. The molecule has 1 aliphatic carbocycles. The van der Waals surface area contributed by atoms with Crippen LogP contribution in [-0.2, 0) is 6.54 Å². The zero-order chi connectivity index (χ0) is 15.8. The molecule has 1 fully saturated rings. The molecule has 0 atom stereocenters. The van der Waals surface area contributed by atoms with Crippen molar-refractivity contribution in [1.29, 1.82) is 0 Å². The maximum atomic E-state index is 6.41. The molecule has 1 aromatic rings. The van der Waals surface area contributed by atoms with E-state index in [1.54, 1.807) is 0 Å². The summed E-state index contributed by atoms with van der Waals surface area (Å²) in [4.78, 5) is 0. The quantitative estimate of drug-likeness (QED) is 0.719. The van der Waals surface area contributed by atoms with Crippen LogP contribution in [0.2, 0.25) is 5.02 Å². The molecule has 0 unspecified atom stereocenters. The molecule has 1 aromatic carbocycles. The highest BCUT2D eigenvalue weighted by Gasteiger charge is 2.14. The first kappa shape index (κ1) is 17.4.